The fourth-order valence-electron chi connectivity index (χ4n) is 1.57. The van der Waals surface area contributed by atoms with Crippen molar-refractivity contribution in [1.29, 1.82) is 0 Å². The third kappa shape index (κ3) is 2.87. The molecule has 0 aliphatic heterocycles. The molecule has 0 aromatic carbocycles. The summed E-state index contributed by atoms with van der Waals surface area (Å²) in [6, 6.07) is 0. The van der Waals surface area contributed by atoms with Gasteiger partial charge >= 0.3 is 0 Å². The van der Waals surface area contributed by atoms with Gasteiger partial charge in [0.1, 0.15) is 5.78 Å². The molecule has 5 nitrogen and oxygen atoms in total. The van der Waals surface area contributed by atoms with Crippen LogP contribution >= 0.6 is 0 Å². The number of carbonyl (C=O) groups excluding carboxylic acids is 2. The zero-order valence-corrected chi connectivity index (χ0v) is 7.27. The highest BCUT2D eigenvalue weighted by Gasteiger charge is 2.23. The molecule has 0 N–H and O–H groups in total. The first-order chi connectivity index (χ1) is 6.24. The van der Waals surface area contributed by atoms with Gasteiger partial charge in [-0.25, -0.2) is 0 Å². The lowest BCUT2D eigenvalue weighted by Crippen LogP contribution is -2.21. The van der Waals surface area contributed by atoms with Crippen LogP contribution in [0.5, 0.6) is 0 Å². The highest BCUT2D eigenvalue weighted by molar-refractivity contribution is 5.87. The lowest BCUT2D eigenvalue weighted by atomic mass is 9.86. The Labute approximate surface area is 75.7 Å². The topological polar surface area (TPSA) is 82.9 Å². The van der Waals surface area contributed by atoms with Crippen molar-refractivity contribution in [3.05, 3.63) is 10.4 Å². The Morgan fingerprint density at radius 1 is 1.62 bits per heavy atom. The molecule has 1 rings (SSSR count). The number of nitrogens with zero attached hydrogens (tertiary/aromatic N) is 3. The van der Waals surface area contributed by atoms with Crippen LogP contribution in [0.25, 0.3) is 10.4 Å². The predicted molar refractivity (Wildman–Crippen MR) is 45.7 cm³/mol. The number of amides is 1. The Morgan fingerprint density at radius 3 is 3.00 bits per heavy atom. The Morgan fingerprint density at radius 2 is 2.38 bits per heavy atom. The van der Waals surface area contributed by atoms with Gasteiger partial charge in [-0.2, -0.15) is 0 Å². The van der Waals surface area contributed by atoms with E-state index in [4.69, 9.17) is 5.53 Å². The van der Waals surface area contributed by atoms with Crippen molar-refractivity contribution in [3.63, 3.8) is 0 Å². The number of hydrogen-bond donors (Lipinski definition) is 0. The highest BCUT2D eigenvalue weighted by atomic mass is 16.2. The van der Waals surface area contributed by atoms with E-state index >= 15 is 0 Å². The van der Waals surface area contributed by atoms with Crippen LogP contribution in [0.4, 0.5) is 0 Å². The largest absolute Gasteiger partial charge is 0.299 e. The van der Waals surface area contributed by atoms with Crippen molar-refractivity contribution in [1.82, 2.24) is 0 Å². The first-order valence-electron chi connectivity index (χ1n) is 4.34. The van der Waals surface area contributed by atoms with E-state index in [0.717, 1.165) is 19.3 Å². The molecule has 0 radical (unpaired) electrons. The van der Waals surface area contributed by atoms with E-state index in [0.29, 0.717) is 6.42 Å². The van der Waals surface area contributed by atoms with E-state index < -0.39 is 5.91 Å². The Balaban J connectivity index is 2.47. The summed E-state index contributed by atoms with van der Waals surface area (Å²) in [5.41, 5.74) is 7.98. The molecule has 1 saturated carbocycles. The van der Waals surface area contributed by atoms with Crippen molar-refractivity contribution in [2.24, 2.45) is 11.0 Å². The van der Waals surface area contributed by atoms with E-state index in [9.17, 15) is 9.59 Å². The number of azide groups is 1. The average Bonchev–Trinajstić information content (AvgIpc) is 2.09. The van der Waals surface area contributed by atoms with E-state index in [1.54, 1.807) is 0 Å². The summed E-state index contributed by atoms with van der Waals surface area (Å²) in [7, 11) is 0. The van der Waals surface area contributed by atoms with E-state index in [-0.39, 0.29) is 18.1 Å². The number of carbonyl (C=O) groups is 2. The SMILES string of the molecule is [N-]=[N+]=NC(=O)CC1CCCCC1=O. The second-order valence-corrected chi connectivity index (χ2v) is 3.20. The van der Waals surface area contributed by atoms with Gasteiger partial charge in [-0.15, -0.1) is 0 Å². The molecule has 1 atom stereocenters. The molecule has 0 heterocycles. The van der Waals surface area contributed by atoms with Crippen molar-refractivity contribution in [2.75, 3.05) is 0 Å². The summed E-state index contributed by atoms with van der Waals surface area (Å²) in [6.07, 6.45) is 3.31. The molecule has 1 aliphatic rings. The minimum Gasteiger partial charge on any atom is -0.299 e. The summed E-state index contributed by atoms with van der Waals surface area (Å²) in [5.74, 6) is -0.595. The second kappa shape index (κ2) is 4.62. The maximum absolute atomic E-state index is 11.2. The first kappa shape index (κ1) is 9.74. The van der Waals surface area contributed by atoms with Crippen molar-refractivity contribution >= 4 is 11.7 Å². The van der Waals surface area contributed by atoms with Crippen LogP contribution in [-0.4, -0.2) is 11.7 Å². The molecule has 1 aliphatic carbocycles. The predicted octanol–water partition coefficient (Wildman–Crippen LogP) is 1.97. The Hall–Kier alpha value is -1.35. The van der Waals surface area contributed by atoms with Crippen LogP contribution in [0.2, 0.25) is 0 Å². The van der Waals surface area contributed by atoms with Crippen LogP contribution in [0.1, 0.15) is 32.1 Å². The molecule has 0 aromatic rings. The van der Waals surface area contributed by atoms with Crippen molar-refractivity contribution < 1.29 is 9.59 Å². The maximum atomic E-state index is 11.2. The number of rotatable bonds is 2. The zero-order chi connectivity index (χ0) is 9.68. The van der Waals surface area contributed by atoms with Gasteiger partial charge in [-0.05, 0) is 23.5 Å². The minimum absolute atomic E-state index is 0.0862. The molecule has 0 spiro atoms. The Kier molecular flexibility index (Phi) is 3.46. The van der Waals surface area contributed by atoms with Crippen LogP contribution < -0.4 is 0 Å². The van der Waals surface area contributed by atoms with Gasteiger partial charge in [-0.3, -0.25) is 9.59 Å². The highest BCUT2D eigenvalue weighted by Crippen LogP contribution is 2.23. The van der Waals surface area contributed by atoms with E-state index in [1.165, 1.54) is 0 Å². The van der Waals surface area contributed by atoms with Gasteiger partial charge in [0.25, 0.3) is 0 Å². The molecular formula is C8H11N3O2. The van der Waals surface area contributed by atoms with Gasteiger partial charge in [0.2, 0.25) is 5.91 Å². The molecule has 0 saturated heterocycles. The smallest absolute Gasteiger partial charge is 0.219 e. The molecule has 13 heavy (non-hydrogen) atoms. The molecule has 70 valence electrons. The number of hydrogen-bond acceptors (Lipinski definition) is 2. The average molecular weight is 181 g/mol. The van der Waals surface area contributed by atoms with Crippen LogP contribution in [-0.2, 0) is 9.59 Å². The third-order valence-corrected chi connectivity index (χ3v) is 2.26. The molecule has 1 fully saturated rings. The lowest BCUT2D eigenvalue weighted by molar-refractivity contribution is -0.129. The third-order valence-electron chi connectivity index (χ3n) is 2.26. The summed E-state index contributed by atoms with van der Waals surface area (Å²) < 4.78 is 0. The second-order valence-electron chi connectivity index (χ2n) is 3.20. The molecule has 0 bridgehead atoms. The number of ketones is 1. The molecule has 1 amide bonds. The van der Waals surface area contributed by atoms with E-state index in [2.05, 4.69) is 10.0 Å². The summed E-state index contributed by atoms with van der Waals surface area (Å²) in [4.78, 5) is 24.5. The molecule has 0 aromatic heterocycles. The standard InChI is InChI=1S/C8H11N3O2/c9-11-10-8(13)5-6-3-1-2-4-7(6)12/h6H,1-5H2. The van der Waals surface area contributed by atoms with Crippen LogP contribution in [0, 0.1) is 5.92 Å². The monoisotopic (exact) mass is 181 g/mol. The summed E-state index contributed by atoms with van der Waals surface area (Å²) in [5, 5.41) is 2.94. The van der Waals surface area contributed by atoms with Gasteiger partial charge in [0.05, 0.1) is 0 Å². The minimum atomic E-state index is -0.525. The van der Waals surface area contributed by atoms with Crippen LogP contribution in [0.3, 0.4) is 0 Å². The fraction of sp³-hybridized carbons (Fsp3) is 0.750. The molecular weight excluding hydrogens is 170 g/mol. The summed E-state index contributed by atoms with van der Waals surface area (Å²) >= 11 is 0. The summed E-state index contributed by atoms with van der Waals surface area (Å²) in [6.45, 7) is 0. The Bertz CT molecular complexity index is 269. The zero-order valence-electron chi connectivity index (χ0n) is 7.27. The number of Topliss-reactive ketones (excluding diaryl/α,β-unsaturated/α-hetero) is 1. The first-order valence-corrected chi connectivity index (χ1v) is 4.34. The normalized spacial score (nSPS) is 22.2. The van der Waals surface area contributed by atoms with Crippen molar-refractivity contribution in [3.8, 4) is 0 Å². The van der Waals surface area contributed by atoms with Gasteiger partial charge in [0, 0.05) is 23.7 Å². The lowest BCUT2D eigenvalue weighted by Gasteiger charge is -2.18. The van der Waals surface area contributed by atoms with Crippen LogP contribution in [0.15, 0.2) is 5.11 Å². The van der Waals surface area contributed by atoms with Crippen molar-refractivity contribution in [2.45, 2.75) is 32.1 Å². The van der Waals surface area contributed by atoms with Gasteiger partial charge < -0.3 is 0 Å². The molecule has 1 unspecified atom stereocenters. The van der Waals surface area contributed by atoms with Gasteiger partial charge in [0.15, 0.2) is 0 Å². The fourth-order valence-corrected chi connectivity index (χ4v) is 1.57. The van der Waals surface area contributed by atoms with Gasteiger partial charge in [-0.1, -0.05) is 6.42 Å². The molecule has 5 heteroatoms. The van der Waals surface area contributed by atoms with E-state index in [1.807, 2.05) is 0 Å². The maximum Gasteiger partial charge on any atom is 0.219 e. The quantitative estimate of drug-likeness (QED) is 0.370.